The predicted octanol–water partition coefficient (Wildman–Crippen LogP) is 5.61. The Labute approximate surface area is 229 Å². The average molecular weight is 572 g/mol. The number of hydrogen-bond acceptors (Lipinski definition) is 6. The number of benzene rings is 3. The average Bonchev–Trinajstić information content (AvgIpc) is 3.37. The lowest BCUT2D eigenvalue weighted by atomic mass is 9.96. The summed E-state index contributed by atoms with van der Waals surface area (Å²) in [4.78, 5) is 20.0. The van der Waals surface area contributed by atoms with Crippen LogP contribution in [-0.2, 0) is 21.4 Å². The smallest absolute Gasteiger partial charge is 0.243 e. The second-order valence-corrected chi connectivity index (χ2v) is 12.2. The summed E-state index contributed by atoms with van der Waals surface area (Å²) in [5.74, 6) is -2.15. The van der Waals surface area contributed by atoms with Crippen LogP contribution < -0.4 is 9.64 Å². The van der Waals surface area contributed by atoms with Crippen LogP contribution in [0.5, 0.6) is 5.75 Å². The van der Waals surface area contributed by atoms with Crippen LogP contribution in [0.2, 0.25) is 0 Å². The van der Waals surface area contributed by atoms with E-state index in [0.717, 1.165) is 33.7 Å². The SMILES string of the molecule is CCOc1ccc2nc(N(Cc3ccccc3)C(=O)C3CCN(S(=O)(=O)c4ccc(F)c(F)c4)CC3)sc2c1. The predicted molar refractivity (Wildman–Crippen MR) is 146 cm³/mol. The summed E-state index contributed by atoms with van der Waals surface area (Å²) in [6, 6.07) is 17.8. The molecule has 0 atom stereocenters. The molecule has 2 heterocycles. The monoisotopic (exact) mass is 571 g/mol. The molecule has 5 rings (SSSR count). The summed E-state index contributed by atoms with van der Waals surface area (Å²) in [5.41, 5.74) is 1.70. The second-order valence-electron chi connectivity index (χ2n) is 9.22. The van der Waals surface area contributed by atoms with Gasteiger partial charge < -0.3 is 4.74 Å². The maximum Gasteiger partial charge on any atom is 0.243 e. The van der Waals surface area contributed by atoms with Crippen LogP contribution in [0.1, 0.15) is 25.3 Å². The molecule has 7 nitrogen and oxygen atoms in total. The normalized spacial score (nSPS) is 14.9. The number of halogens is 2. The number of sulfonamides is 1. The van der Waals surface area contributed by atoms with Crippen LogP contribution in [0.4, 0.5) is 13.9 Å². The summed E-state index contributed by atoms with van der Waals surface area (Å²) in [6.07, 6.45) is 0.596. The zero-order chi connectivity index (χ0) is 27.6. The molecule has 0 aliphatic carbocycles. The van der Waals surface area contributed by atoms with Crippen LogP contribution in [0.25, 0.3) is 10.2 Å². The first kappa shape index (κ1) is 27.2. The van der Waals surface area contributed by atoms with Gasteiger partial charge >= 0.3 is 0 Å². The van der Waals surface area contributed by atoms with Crippen LogP contribution >= 0.6 is 11.3 Å². The van der Waals surface area contributed by atoms with Crippen molar-refractivity contribution in [3.05, 3.63) is 83.9 Å². The van der Waals surface area contributed by atoms with Gasteiger partial charge in [-0.15, -0.1) is 0 Å². The number of carbonyl (C=O) groups is 1. The molecular weight excluding hydrogens is 544 g/mol. The maximum atomic E-state index is 13.9. The Balaban J connectivity index is 1.37. The molecule has 1 amide bonds. The number of fused-ring (bicyclic) bond motifs is 1. The highest BCUT2D eigenvalue weighted by Crippen LogP contribution is 2.34. The first-order valence-electron chi connectivity index (χ1n) is 12.6. The van der Waals surface area contributed by atoms with Gasteiger partial charge in [-0.2, -0.15) is 4.31 Å². The second kappa shape index (κ2) is 11.4. The van der Waals surface area contributed by atoms with Crippen molar-refractivity contribution in [1.82, 2.24) is 9.29 Å². The van der Waals surface area contributed by atoms with E-state index >= 15 is 0 Å². The quantitative estimate of drug-likeness (QED) is 0.275. The van der Waals surface area contributed by atoms with Gasteiger partial charge in [-0.1, -0.05) is 41.7 Å². The van der Waals surface area contributed by atoms with Gasteiger partial charge in [0.1, 0.15) is 5.75 Å². The van der Waals surface area contributed by atoms with Gasteiger partial charge in [-0.25, -0.2) is 22.2 Å². The first-order valence-corrected chi connectivity index (χ1v) is 14.9. The van der Waals surface area contributed by atoms with Gasteiger partial charge in [-0.3, -0.25) is 9.69 Å². The van der Waals surface area contributed by atoms with Gasteiger partial charge in [-0.05, 0) is 61.7 Å². The van der Waals surface area contributed by atoms with E-state index in [-0.39, 0.29) is 23.9 Å². The Morgan fingerprint density at radius 2 is 1.79 bits per heavy atom. The van der Waals surface area contributed by atoms with E-state index in [4.69, 9.17) is 9.72 Å². The Bertz CT molecular complexity index is 1590. The summed E-state index contributed by atoms with van der Waals surface area (Å²) >= 11 is 1.40. The molecule has 0 radical (unpaired) electrons. The molecule has 0 unspecified atom stereocenters. The largest absolute Gasteiger partial charge is 0.494 e. The molecule has 39 heavy (non-hydrogen) atoms. The van der Waals surface area contributed by atoms with E-state index < -0.39 is 27.6 Å². The molecule has 0 bridgehead atoms. The first-order chi connectivity index (χ1) is 18.8. The Kier molecular flexibility index (Phi) is 7.92. The van der Waals surface area contributed by atoms with Crippen molar-refractivity contribution in [2.24, 2.45) is 5.92 Å². The fourth-order valence-corrected chi connectivity index (χ4v) is 7.10. The van der Waals surface area contributed by atoms with Crippen molar-refractivity contribution in [3.8, 4) is 5.75 Å². The van der Waals surface area contributed by atoms with Crippen molar-refractivity contribution >= 4 is 42.6 Å². The molecule has 204 valence electrons. The highest BCUT2D eigenvalue weighted by molar-refractivity contribution is 7.89. The zero-order valence-corrected chi connectivity index (χ0v) is 22.9. The standard InChI is InChI=1S/C28H27F2N3O4S2/c1-2-37-21-8-11-25-26(16-21)38-28(31-25)33(18-19-6-4-3-5-7-19)27(34)20-12-14-32(15-13-20)39(35,36)22-9-10-23(29)24(30)17-22/h3-11,16-17,20H,2,12-15,18H2,1H3. The molecule has 1 aromatic heterocycles. The highest BCUT2D eigenvalue weighted by atomic mass is 32.2. The summed E-state index contributed by atoms with van der Waals surface area (Å²) in [5, 5.41) is 0.560. The summed E-state index contributed by atoms with van der Waals surface area (Å²) in [7, 11) is -4.02. The number of aromatic nitrogens is 1. The molecule has 1 fully saturated rings. The van der Waals surface area contributed by atoms with E-state index in [1.54, 1.807) is 4.90 Å². The number of nitrogens with zero attached hydrogens (tertiary/aromatic N) is 3. The minimum atomic E-state index is -4.02. The zero-order valence-electron chi connectivity index (χ0n) is 21.2. The number of carbonyl (C=O) groups excluding carboxylic acids is 1. The number of rotatable bonds is 8. The third kappa shape index (κ3) is 5.80. The Hall–Kier alpha value is -3.41. The molecule has 0 N–H and O–H groups in total. The molecule has 11 heteroatoms. The molecule has 0 saturated carbocycles. The van der Waals surface area contributed by atoms with Crippen molar-refractivity contribution in [2.45, 2.75) is 31.2 Å². The molecule has 1 saturated heterocycles. The van der Waals surface area contributed by atoms with E-state index in [1.165, 1.54) is 15.6 Å². The lowest BCUT2D eigenvalue weighted by Gasteiger charge is -2.33. The van der Waals surface area contributed by atoms with E-state index in [2.05, 4.69) is 0 Å². The number of ether oxygens (including phenoxy) is 1. The van der Waals surface area contributed by atoms with Crippen molar-refractivity contribution in [3.63, 3.8) is 0 Å². The van der Waals surface area contributed by atoms with E-state index in [9.17, 15) is 22.0 Å². The third-order valence-corrected chi connectivity index (χ3v) is 9.61. The van der Waals surface area contributed by atoms with E-state index in [1.807, 2.05) is 55.5 Å². The minimum absolute atomic E-state index is 0.0917. The van der Waals surface area contributed by atoms with Crippen LogP contribution in [0.3, 0.4) is 0 Å². The maximum absolute atomic E-state index is 13.9. The number of amides is 1. The molecular formula is C28H27F2N3O4S2. The van der Waals surface area contributed by atoms with Crippen LogP contribution in [0, 0.1) is 17.6 Å². The summed E-state index contributed by atoms with van der Waals surface area (Å²) in [6.45, 7) is 2.96. The lowest BCUT2D eigenvalue weighted by Crippen LogP contribution is -2.44. The molecule has 3 aromatic carbocycles. The summed E-state index contributed by atoms with van der Waals surface area (Å²) < 4.78 is 60.8. The van der Waals surface area contributed by atoms with Crippen molar-refractivity contribution in [1.29, 1.82) is 0 Å². The number of piperidine rings is 1. The van der Waals surface area contributed by atoms with Gasteiger partial charge in [0, 0.05) is 19.0 Å². The van der Waals surface area contributed by atoms with Crippen LogP contribution in [-0.4, -0.2) is 43.3 Å². The fraction of sp³-hybridized carbons (Fsp3) is 0.286. The molecule has 4 aromatic rings. The molecule has 1 aliphatic rings. The topological polar surface area (TPSA) is 79.8 Å². The van der Waals surface area contributed by atoms with Crippen LogP contribution in [0.15, 0.2) is 71.6 Å². The van der Waals surface area contributed by atoms with Gasteiger partial charge in [0.05, 0.1) is 28.3 Å². The van der Waals surface area contributed by atoms with Gasteiger partial charge in [0.25, 0.3) is 0 Å². The highest BCUT2D eigenvalue weighted by Gasteiger charge is 2.35. The van der Waals surface area contributed by atoms with E-state index in [0.29, 0.717) is 37.2 Å². The third-order valence-electron chi connectivity index (χ3n) is 6.67. The van der Waals surface area contributed by atoms with Gasteiger partial charge in [0.15, 0.2) is 16.8 Å². The van der Waals surface area contributed by atoms with Gasteiger partial charge in [0.2, 0.25) is 15.9 Å². The minimum Gasteiger partial charge on any atom is -0.494 e. The Morgan fingerprint density at radius 1 is 1.05 bits per heavy atom. The Morgan fingerprint density at radius 3 is 2.49 bits per heavy atom. The molecule has 0 spiro atoms. The lowest BCUT2D eigenvalue weighted by molar-refractivity contribution is -0.123. The molecule has 1 aliphatic heterocycles. The van der Waals surface area contributed by atoms with Crippen molar-refractivity contribution in [2.75, 3.05) is 24.6 Å². The number of thiazole rings is 1. The van der Waals surface area contributed by atoms with Crippen molar-refractivity contribution < 1.29 is 26.7 Å². The number of anilines is 1. The fourth-order valence-electron chi connectivity index (χ4n) is 4.62. The number of hydrogen-bond donors (Lipinski definition) is 0.